The van der Waals surface area contributed by atoms with Gasteiger partial charge in [0.15, 0.2) is 0 Å². The van der Waals surface area contributed by atoms with Crippen molar-refractivity contribution in [2.24, 2.45) is 0 Å². The van der Waals surface area contributed by atoms with Crippen LogP contribution >= 0.6 is 0 Å². The zero-order chi connectivity index (χ0) is 35.0. The zero-order valence-electron chi connectivity index (χ0n) is 28.0. The number of hydrazine groups is 1. The molecule has 5 aromatic rings. The maximum atomic E-state index is 13.3. The summed E-state index contributed by atoms with van der Waals surface area (Å²) in [6.45, 7) is 10.1. The highest BCUT2D eigenvalue weighted by atomic mass is 16.6. The number of carbonyl (C=O) groups is 3. The SMILES string of the molecule is CC(C)(C)OC(=O)NNC(=O)[C@H](Cc1cn([C@]23O[C@@H]2[C@@H](O)[C@H](O)c2cc4ccc5cccc6ccc(c23)c4c56)cn1)NC(=O)OC(C)(C)C. The molecule has 0 saturated carbocycles. The van der Waals surface area contributed by atoms with Crippen molar-refractivity contribution >= 4 is 50.4 Å². The van der Waals surface area contributed by atoms with Gasteiger partial charge in [0, 0.05) is 18.2 Å². The molecule has 49 heavy (non-hydrogen) atoms. The zero-order valence-corrected chi connectivity index (χ0v) is 28.0. The molecule has 5 atom stereocenters. The highest BCUT2D eigenvalue weighted by Crippen LogP contribution is 2.59. The standard InChI is InChI=1S/C36H39N5O8/c1-34(2,3)48-32(45)38-24(31(44)39-40-33(46)49-35(4,5)6)15-21-16-41(17-37-21)36-27-22-13-12-19-9-7-8-18-10-11-20(26(22)25(18)19)14-23(27)28(42)29(43)30(36)47-36/h7-14,16-17,24,28-30,42-43H,15H2,1-6H3,(H,38,45)(H,39,44)(H,40,46)/t24-,28+,29-,30+,36+/m0/s1. The summed E-state index contributed by atoms with van der Waals surface area (Å²) >= 11 is 0. The number of epoxide rings is 1. The normalized spacial score (nSPS) is 22.3. The Morgan fingerprint density at radius 2 is 1.57 bits per heavy atom. The van der Waals surface area contributed by atoms with Gasteiger partial charge in [-0.15, -0.1) is 0 Å². The van der Waals surface area contributed by atoms with E-state index >= 15 is 0 Å². The van der Waals surface area contributed by atoms with Gasteiger partial charge in [-0.1, -0.05) is 42.5 Å². The van der Waals surface area contributed by atoms with Gasteiger partial charge in [-0.25, -0.2) is 20.0 Å². The van der Waals surface area contributed by atoms with E-state index in [9.17, 15) is 24.6 Å². The van der Waals surface area contributed by atoms with Crippen LogP contribution in [0.3, 0.4) is 0 Å². The first-order valence-corrected chi connectivity index (χ1v) is 16.1. The van der Waals surface area contributed by atoms with Crippen molar-refractivity contribution in [1.29, 1.82) is 0 Å². The second-order valence-corrected chi connectivity index (χ2v) is 14.7. The summed E-state index contributed by atoms with van der Waals surface area (Å²) in [6, 6.07) is 15.0. The van der Waals surface area contributed by atoms with Gasteiger partial charge in [-0.3, -0.25) is 10.2 Å². The molecule has 256 valence electrons. The molecule has 0 radical (unpaired) electrons. The molecule has 13 heteroatoms. The fraction of sp³-hybridized carbons (Fsp3) is 0.389. The lowest BCUT2D eigenvalue weighted by molar-refractivity contribution is -0.124. The summed E-state index contributed by atoms with van der Waals surface area (Å²) in [5.41, 5.74) is 3.37. The van der Waals surface area contributed by atoms with Crippen LogP contribution in [0, 0.1) is 0 Å². The quantitative estimate of drug-likeness (QED) is 0.104. The van der Waals surface area contributed by atoms with Crippen LogP contribution in [0.5, 0.6) is 0 Å². The number of hydrogen-bond acceptors (Lipinski definition) is 9. The lowest BCUT2D eigenvalue weighted by Gasteiger charge is -2.31. The third-order valence-corrected chi connectivity index (χ3v) is 8.75. The number of rotatable bonds is 5. The molecule has 0 spiro atoms. The Hall–Kier alpha value is -4.98. The Balaban J connectivity index is 1.23. The lowest BCUT2D eigenvalue weighted by atomic mass is 9.78. The molecule has 1 fully saturated rings. The summed E-state index contributed by atoms with van der Waals surface area (Å²) in [6.07, 6.45) is -1.73. The van der Waals surface area contributed by atoms with Crippen molar-refractivity contribution in [2.75, 3.05) is 0 Å². The minimum absolute atomic E-state index is 0.0919. The second kappa shape index (κ2) is 11.3. The molecule has 1 aromatic heterocycles. The van der Waals surface area contributed by atoms with E-state index in [4.69, 9.17) is 14.2 Å². The van der Waals surface area contributed by atoms with E-state index in [-0.39, 0.29) is 6.42 Å². The topological polar surface area (TPSA) is 177 Å². The maximum Gasteiger partial charge on any atom is 0.426 e. The van der Waals surface area contributed by atoms with Crippen molar-refractivity contribution in [1.82, 2.24) is 25.7 Å². The number of nitrogens with zero attached hydrogens (tertiary/aromatic N) is 2. The minimum Gasteiger partial charge on any atom is -0.444 e. The van der Waals surface area contributed by atoms with Crippen LogP contribution in [0.15, 0.2) is 61.1 Å². The van der Waals surface area contributed by atoms with Crippen LogP contribution in [-0.4, -0.2) is 67.3 Å². The van der Waals surface area contributed by atoms with Crippen molar-refractivity contribution in [3.8, 4) is 0 Å². The highest BCUT2D eigenvalue weighted by molar-refractivity contribution is 6.24. The number of nitrogens with one attached hydrogen (secondary N) is 3. The Kier molecular flexibility index (Phi) is 7.50. The van der Waals surface area contributed by atoms with E-state index < -0.39 is 59.4 Å². The number of ether oxygens (including phenoxy) is 3. The lowest BCUT2D eigenvalue weighted by Crippen LogP contribution is -2.54. The molecule has 0 unspecified atom stereocenters. The van der Waals surface area contributed by atoms with Gasteiger partial charge in [0.2, 0.25) is 5.72 Å². The number of benzene rings is 4. The van der Waals surface area contributed by atoms with Gasteiger partial charge >= 0.3 is 12.2 Å². The first kappa shape index (κ1) is 32.6. The van der Waals surface area contributed by atoms with Gasteiger partial charge in [-0.2, -0.15) is 0 Å². The van der Waals surface area contributed by atoms with Gasteiger partial charge in [0.05, 0.1) is 12.0 Å². The Morgan fingerprint density at radius 3 is 2.27 bits per heavy atom. The Morgan fingerprint density at radius 1 is 0.918 bits per heavy atom. The van der Waals surface area contributed by atoms with Crippen molar-refractivity contribution in [2.45, 2.75) is 89.2 Å². The van der Waals surface area contributed by atoms with Crippen LogP contribution in [-0.2, 0) is 31.2 Å². The molecule has 2 heterocycles. The smallest absolute Gasteiger partial charge is 0.426 e. The molecular formula is C36H39N5O8. The van der Waals surface area contributed by atoms with Gasteiger partial charge < -0.3 is 34.3 Å². The molecule has 13 nitrogen and oxygen atoms in total. The maximum absolute atomic E-state index is 13.3. The third kappa shape index (κ3) is 5.77. The van der Waals surface area contributed by atoms with Gasteiger partial charge in [-0.05, 0) is 85.5 Å². The largest absolute Gasteiger partial charge is 0.444 e. The molecule has 2 aliphatic rings. The summed E-state index contributed by atoms with van der Waals surface area (Å²) in [7, 11) is 0. The number of fused-ring (bicyclic) bond motifs is 4. The molecule has 1 saturated heterocycles. The number of hydrogen-bond donors (Lipinski definition) is 5. The average molecular weight is 670 g/mol. The van der Waals surface area contributed by atoms with Crippen LogP contribution in [0.1, 0.15) is 64.5 Å². The first-order chi connectivity index (χ1) is 23.1. The van der Waals surface area contributed by atoms with Crippen LogP contribution < -0.4 is 16.2 Å². The minimum atomic E-state index is -1.22. The summed E-state index contributed by atoms with van der Waals surface area (Å²) in [4.78, 5) is 42.8. The van der Waals surface area contributed by atoms with E-state index in [1.807, 2.05) is 30.3 Å². The predicted octanol–water partition coefficient (Wildman–Crippen LogP) is 4.28. The highest BCUT2D eigenvalue weighted by Gasteiger charge is 2.68. The second-order valence-electron chi connectivity index (χ2n) is 14.7. The third-order valence-electron chi connectivity index (χ3n) is 8.75. The molecular weight excluding hydrogens is 630 g/mol. The Labute approximate surface area is 281 Å². The molecule has 0 bridgehead atoms. The van der Waals surface area contributed by atoms with Crippen LogP contribution in [0.2, 0.25) is 0 Å². The number of imidazole rings is 1. The molecule has 1 aliphatic heterocycles. The molecule has 1 aliphatic carbocycles. The molecule has 3 amide bonds. The van der Waals surface area contributed by atoms with Crippen molar-refractivity contribution < 1.29 is 38.8 Å². The predicted molar refractivity (Wildman–Crippen MR) is 180 cm³/mol. The molecule has 5 N–H and O–H groups in total. The van der Waals surface area contributed by atoms with Crippen molar-refractivity contribution in [3.63, 3.8) is 0 Å². The van der Waals surface area contributed by atoms with Crippen molar-refractivity contribution in [3.05, 3.63) is 77.9 Å². The van der Waals surface area contributed by atoms with Crippen LogP contribution in [0.4, 0.5) is 9.59 Å². The summed E-state index contributed by atoms with van der Waals surface area (Å²) in [5.74, 6) is -0.741. The van der Waals surface area contributed by atoms with E-state index in [1.54, 1.807) is 58.6 Å². The summed E-state index contributed by atoms with van der Waals surface area (Å²) in [5, 5.41) is 31.2. The number of aliphatic hydroxyl groups excluding tert-OH is 2. The monoisotopic (exact) mass is 669 g/mol. The fourth-order valence-electron chi connectivity index (χ4n) is 6.84. The van der Waals surface area contributed by atoms with E-state index in [1.165, 1.54) is 0 Å². The molecule has 4 aromatic carbocycles. The van der Waals surface area contributed by atoms with Gasteiger partial charge in [0.1, 0.15) is 35.6 Å². The fourth-order valence-corrected chi connectivity index (χ4v) is 6.84. The van der Waals surface area contributed by atoms with E-state index in [0.717, 1.165) is 37.9 Å². The van der Waals surface area contributed by atoms with E-state index in [2.05, 4.69) is 39.4 Å². The van der Waals surface area contributed by atoms with Gasteiger partial charge in [0.25, 0.3) is 5.91 Å². The number of alkyl carbamates (subject to hydrolysis) is 1. The Bertz CT molecular complexity index is 2100. The van der Waals surface area contributed by atoms with Crippen LogP contribution in [0.25, 0.3) is 32.3 Å². The average Bonchev–Trinajstić information content (AvgIpc) is 3.60. The number of carbonyl (C=O) groups excluding carboxylic acids is 3. The number of aliphatic hydroxyl groups is 2. The number of aromatic nitrogens is 2. The van der Waals surface area contributed by atoms with E-state index in [0.29, 0.717) is 11.3 Å². The molecule has 7 rings (SSSR count). The number of amides is 3. The summed E-state index contributed by atoms with van der Waals surface area (Å²) < 4.78 is 18.6. The first-order valence-electron chi connectivity index (χ1n) is 16.1.